The summed E-state index contributed by atoms with van der Waals surface area (Å²) in [7, 11) is 1.63. The molecule has 1 saturated heterocycles. The number of ether oxygens (including phenoxy) is 1. The summed E-state index contributed by atoms with van der Waals surface area (Å²) in [5, 5.41) is 0. The summed E-state index contributed by atoms with van der Waals surface area (Å²) in [6.07, 6.45) is 1.86. The lowest BCUT2D eigenvalue weighted by molar-refractivity contribution is -0.113. The van der Waals surface area contributed by atoms with Crippen molar-refractivity contribution in [1.82, 2.24) is 0 Å². The molecule has 1 heterocycles. The van der Waals surface area contributed by atoms with Crippen molar-refractivity contribution in [1.29, 1.82) is 0 Å². The molecule has 2 aromatic carbocycles. The van der Waals surface area contributed by atoms with Crippen molar-refractivity contribution in [2.24, 2.45) is 0 Å². The maximum atomic E-state index is 12.7. The highest BCUT2D eigenvalue weighted by Crippen LogP contribution is 2.36. The molecular formula is C18H15NO2S2. The molecule has 3 rings (SSSR count). The third kappa shape index (κ3) is 3.30. The molecule has 0 saturated carbocycles. The van der Waals surface area contributed by atoms with Crippen LogP contribution >= 0.6 is 24.0 Å². The highest BCUT2D eigenvalue weighted by atomic mass is 32.2. The third-order valence-corrected chi connectivity index (χ3v) is 4.77. The number of methoxy groups -OCH3 is 1. The van der Waals surface area contributed by atoms with E-state index in [1.165, 1.54) is 11.8 Å². The molecule has 0 unspecified atom stereocenters. The maximum Gasteiger partial charge on any atom is 0.270 e. The molecule has 0 N–H and O–H groups in total. The van der Waals surface area contributed by atoms with Gasteiger partial charge in [-0.1, -0.05) is 48.2 Å². The molecule has 1 fully saturated rings. The van der Waals surface area contributed by atoms with E-state index in [9.17, 15) is 4.79 Å². The average Bonchev–Trinajstić information content (AvgIpc) is 2.82. The number of nitrogens with zero attached hydrogens (tertiary/aromatic N) is 1. The van der Waals surface area contributed by atoms with Gasteiger partial charge in [-0.25, -0.2) is 0 Å². The van der Waals surface area contributed by atoms with Crippen LogP contribution in [0.25, 0.3) is 6.08 Å². The highest BCUT2D eigenvalue weighted by molar-refractivity contribution is 8.27. The number of amides is 1. The standard InChI is InChI=1S/C18H15NO2S2/c1-12-4-3-5-14(10-12)19-17(20)16(23-18(19)22)11-13-6-8-15(21-2)9-7-13/h3-11H,1-2H3/b16-11+. The zero-order chi connectivity index (χ0) is 16.4. The number of benzene rings is 2. The summed E-state index contributed by atoms with van der Waals surface area (Å²) in [4.78, 5) is 14.9. The van der Waals surface area contributed by atoms with Crippen LogP contribution in [0.15, 0.2) is 53.4 Å². The summed E-state index contributed by atoms with van der Waals surface area (Å²) in [5.74, 6) is 0.705. The van der Waals surface area contributed by atoms with E-state index in [2.05, 4.69) is 0 Å². The molecule has 5 heteroatoms. The normalized spacial score (nSPS) is 16.3. The quantitative estimate of drug-likeness (QED) is 0.611. The van der Waals surface area contributed by atoms with E-state index in [1.807, 2.05) is 61.5 Å². The molecule has 3 nitrogen and oxygen atoms in total. The molecule has 116 valence electrons. The fourth-order valence-electron chi connectivity index (χ4n) is 2.31. The number of hydrogen-bond acceptors (Lipinski definition) is 4. The molecule has 0 aliphatic carbocycles. The topological polar surface area (TPSA) is 29.5 Å². The van der Waals surface area contributed by atoms with Crippen LogP contribution in [0, 0.1) is 6.92 Å². The first-order valence-corrected chi connectivity index (χ1v) is 8.29. The molecule has 1 amide bonds. The van der Waals surface area contributed by atoms with Crippen molar-refractivity contribution in [3.05, 3.63) is 64.6 Å². The maximum absolute atomic E-state index is 12.7. The van der Waals surface area contributed by atoms with Crippen LogP contribution in [0.3, 0.4) is 0 Å². The molecule has 0 aromatic heterocycles. The Kier molecular flexibility index (Phi) is 4.50. The molecule has 0 bridgehead atoms. The third-order valence-electron chi connectivity index (χ3n) is 3.47. The van der Waals surface area contributed by atoms with Crippen molar-refractivity contribution >= 4 is 46.0 Å². The van der Waals surface area contributed by atoms with Crippen molar-refractivity contribution in [2.45, 2.75) is 6.92 Å². The first-order chi connectivity index (χ1) is 11.1. The second-order valence-electron chi connectivity index (χ2n) is 5.13. The van der Waals surface area contributed by atoms with Gasteiger partial charge in [-0.3, -0.25) is 9.69 Å². The van der Waals surface area contributed by atoms with Gasteiger partial charge in [0.05, 0.1) is 17.7 Å². The molecule has 0 spiro atoms. The molecule has 0 radical (unpaired) electrons. The van der Waals surface area contributed by atoms with Gasteiger partial charge in [-0.15, -0.1) is 0 Å². The van der Waals surface area contributed by atoms with Crippen LogP contribution < -0.4 is 9.64 Å². The number of carbonyl (C=O) groups is 1. The Morgan fingerprint density at radius 3 is 2.57 bits per heavy atom. The lowest BCUT2D eigenvalue weighted by Gasteiger charge is -2.14. The first-order valence-electron chi connectivity index (χ1n) is 7.07. The van der Waals surface area contributed by atoms with Crippen LogP contribution in [0.2, 0.25) is 0 Å². The van der Waals surface area contributed by atoms with E-state index in [-0.39, 0.29) is 5.91 Å². The zero-order valence-corrected chi connectivity index (χ0v) is 14.4. The number of hydrogen-bond donors (Lipinski definition) is 0. The lowest BCUT2D eigenvalue weighted by Crippen LogP contribution is -2.27. The smallest absolute Gasteiger partial charge is 0.270 e. The van der Waals surface area contributed by atoms with Crippen LogP contribution in [-0.4, -0.2) is 17.3 Å². The van der Waals surface area contributed by atoms with Crippen LogP contribution in [-0.2, 0) is 4.79 Å². The predicted octanol–water partition coefficient (Wildman–Crippen LogP) is 4.41. The molecule has 23 heavy (non-hydrogen) atoms. The van der Waals surface area contributed by atoms with Crippen molar-refractivity contribution in [3.8, 4) is 5.75 Å². The highest BCUT2D eigenvalue weighted by Gasteiger charge is 2.33. The number of rotatable bonds is 3. The Hall–Kier alpha value is -2.11. The average molecular weight is 341 g/mol. The Labute approximate surface area is 144 Å². The fraction of sp³-hybridized carbons (Fsp3) is 0.111. The number of anilines is 1. The van der Waals surface area contributed by atoms with Gasteiger partial charge in [0.1, 0.15) is 5.75 Å². The Morgan fingerprint density at radius 2 is 1.91 bits per heavy atom. The van der Waals surface area contributed by atoms with E-state index in [4.69, 9.17) is 17.0 Å². The van der Waals surface area contributed by atoms with Crippen molar-refractivity contribution < 1.29 is 9.53 Å². The van der Waals surface area contributed by atoms with Gasteiger partial charge in [0, 0.05) is 0 Å². The van der Waals surface area contributed by atoms with E-state index < -0.39 is 0 Å². The summed E-state index contributed by atoms with van der Waals surface area (Å²) in [6.45, 7) is 1.99. The van der Waals surface area contributed by atoms with E-state index in [1.54, 1.807) is 12.0 Å². The SMILES string of the molecule is COc1ccc(/C=C2/SC(=S)N(c3cccc(C)c3)C2=O)cc1. The first kappa shape index (κ1) is 15.8. The van der Waals surface area contributed by atoms with Gasteiger partial charge < -0.3 is 4.74 Å². The van der Waals surface area contributed by atoms with E-state index >= 15 is 0 Å². The monoisotopic (exact) mass is 341 g/mol. The van der Waals surface area contributed by atoms with E-state index in [0.29, 0.717) is 9.23 Å². The molecular weight excluding hydrogens is 326 g/mol. The Morgan fingerprint density at radius 1 is 1.17 bits per heavy atom. The fourth-order valence-corrected chi connectivity index (χ4v) is 3.61. The molecule has 1 aliphatic rings. The Bertz CT molecular complexity index is 797. The van der Waals surface area contributed by atoms with Gasteiger partial charge in [0.2, 0.25) is 0 Å². The number of thiocarbonyl (C=S) groups is 1. The van der Waals surface area contributed by atoms with E-state index in [0.717, 1.165) is 22.6 Å². The minimum Gasteiger partial charge on any atom is -0.497 e. The van der Waals surface area contributed by atoms with Crippen LogP contribution in [0.5, 0.6) is 5.75 Å². The lowest BCUT2D eigenvalue weighted by atomic mass is 10.2. The van der Waals surface area contributed by atoms with Gasteiger partial charge in [0.25, 0.3) is 5.91 Å². The Balaban J connectivity index is 1.89. The molecule has 2 aromatic rings. The summed E-state index contributed by atoms with van der Waals surface area (Å²) < 4.78 is 5.70. The summed E-state index contributed by atoms with van der Waals surface area (Å²) >= 11 is 6.71. The molecule has 0 atom stereocenters. The summed E-state index contributed by atoms with van der Waals surface area (Å²) in [6, 6.07) is 15.3. The summed E-state index contributed by atoms with van der Waals surface area (Å²) in [5.41, 5.74) is 2.84. The molecule has 1 aliphatic heterocycles. The van der Waals surface area contributed by atoms with Crippen molar-refractivity contribution in [2.75, 3.05) is 12.0 Å². The number of aryl methyl sites for hydroxylation is 1. The number of carbonyl (C=O) groups excluding carboxylic acids is 1. The second-order valence-corrected chi connectivity index (χ2v) is 6.81. The zero-order valence-electron chi connectivity index (χ0n) is 12.8. The minimum atomic E-state index is -0.0820. The van der Waals surface area contributed by atoms with Crippen molar-refractivity contribution in [3.63, 3.8) is 0 Å². The largest absolute Gasteiger partial charge is 0.497 e. The second kappa shape index (κ2) is 6.56. The minimum absolute atomic E-state index is 0.0820. The van der Waals surface area contributed by atoms with Gasteiger partial charge in [-0.05, 0) is 48.4 Å². The van der Waals surface area contributed by atoms with Gasteiger partial charge in [0.15, 0.2) is 4.32 Å². The predicted molar refractivity (Wildman–Crippen MR) is 99.8 cm³/mol. The van der Waals surface area contributed by atoms with Crippen LogP contribution in [0.1, 0.15) is 11.1 Å². The van der Waals surface area contributed by atoms with Crippen LogP contribution in [0.4, 0.5) is 5.69 Å². The van der Waals surface area contributed by atoms with Gasteiger partial charge >= 0.3 is 0 Å². The van der Waals surface area contributed by atoms with Gasteiger partial charge in [-0.2, -0.15) is 0 Å². The number of thioether (sulfide) groups is 1.